The number of rotatable bonds is 3. The first-order chi connectivity index (χ1) is 9.46. The van der Waals surface area contributed by atoms with Crippen molar-refractivity contribution in [3.8, 4) is 6.07 Å². The number of nitrogens with one attached hydrogen (secondary N) is 1. The molecule has 1 aromatic rings. The molecule has 106 valence electrons. The Balaban J connectivity index is 2.13. The van der Waals surface area contributed by atoms with Crippen molar-refractivity contribution in [3.63, 3.8) is 0 Å². The molecule has 0 bridgehead atoms. The Labute approximate surface area is 118 Å². The maximum atomic E-state index is 13.7. The SMILES string of the molecule is CN(Cc1cc(C#N)ccc1F)C(=O)C1(C)CCCN1. The van der Waals surface area contributed by atoms with Gasteiger partial charge in [0.2, 0.25) is 5.91 Å². The maximum absolute atomic E-state index is 13.7. The van der Waals surface area contributed by atoms with Gasteiger partial charge in [-0.15, -0.1) is 0 Å². The van der Waals surface area contributed by atoms with Crippen LogP contribution in [-0.4, -0.2) is 29.9 Å². The molecule has 20 heavy (non-hydrogen) atoms. The minimum Gasteiger partial charge on any atom is -0.340 e. The monoisotopic (exact) mass is 275 g/mol. The van der Waals surface area contributed by atoms with Crippen LogP contribution in [0.5, 0.6) is 0 Å². The van der Waals surface area contributed by atoms with E-state index in [0.29, 0.717) is 11.1 Å². The molecule has 1 atom stereocenters. The fourth-order valence-corrected chi connectivity index (χ4v) is 2.59. The lowest BCUT2D eigenvalue weighted by atomic mass is 9.98. The highest BCUT2D eigenvalue weighted by Gasteiger charge is 2.37. The fraction of sp³-hybridized carbons (Fsp3) is 0.467. The molecule has 1 fully saturated rings. The van der Waals surface area contributed by atoms with E-state index >= 15 is 0 Å². The predicted octanol–water partition coefficient (Wildman–Crippen LogP) is 1.80. The highest BCUT2D eigenvalue weighted by Crippen LogP contribution is 2.22. The summed E-state index contributed by atoms with van der Waals surface area (Å²) in [6.07, 6.45) is 1.76. The quantitative estimate of drug-likeness (QED) is 0.915. The van der Waals surface area contributed by atoms with Crippen molar-refractivity contribution in [2.75, 3.05) is 13.6 Å². The molecule has 1 heterocycles. The first kappa shape index (κ1) is 14.5. The van der Waals surface area contributed by atoms with Crippen molar-refractivity contribution in [2.45, 2.75) is 31.8 Å². The van der Waals surface area contributed by atoms with E-state index in [4.69, 9.17) is 5.26 Å². The summed E-state index contributed by atoms with van der Waals surface area (Å²) in [4.78, 5) is 13.9. The van der Waals surface area contributed by atoms with Crippen molar-refractivity contribution in [2.24, 2.45) is 0 Å². The van der Waals surface area contributed by atoms with E-state index in [0.717, 1.165) is 19.4 Å². The van der Waals surface area contributed by atoms with Crippen molar-refractivity contribution >= 4 is 5.91 Å². The van der Waals surface area contributed by atoms with E-state index in [9.17, 15) is 9.18 Å². The summed E-state index contributed by atoms with van der Waals surface area (Å²) in [7, 11) is 1.66. The number of carbonyl (C=O) groups excluding carboxylic acids is 1. The lowest BCUT2D eigenvalue weighted by molar-refractivity contribution is -0.136. The van der Waals surface area contributed by atoms with Crippen LogP contribution in [0, 0.1) is 17.1 Å². The second-order valence-electron chi connectivity index (χ2n) is 5.44. The molecule has 4 nitrogen and oxygen atoms in total. The molecule has 2 rings (SSSR count). The average Bonchev–Trinajstić information content (AvgIpc) is 2.88. The second-order valence-corrected chi connectivity index (χ2v) is 5.44. The Bertz CT molecular complexity index is 559. The van der Waals surface area contributed by atoms with Gasteiger partial charge in [-0.25, -0.2) is 4.39 Å². The van der Waals surface area contributed by atoms with Gasteiger partial charge in [-0.2, -0.15) is 5.26 Å². The van der Waals surface area contributed by atoms with Gasteiger partial charge in [-0.05, 0) is 44.5 Å². The molecule has 1 saturated heterocycles. The summed E-state index contributed by atoms with van der Waals surface area (Å²) in [5.41, 5.74) is 0.201. The molecular formula is C15H18FN3O. The molecule has 1 unspecified atom stereocenters. The Morgan fingerprint density at radius 3 is 2.95 bits per heavy atom. The number of nitrogens with zero attached hydrogens (tertiary/aromatic N) is 2. The molecule has 1 aromatic carbocycles. The zero-order valence-electron chi connectivity index (χ0n) is 11.7. The van der Waals surface area contributed by atoms with Crippen LogP contribution in [0.4, 0.5) is 4.39 Å². The third-order valence-corrected chi connectivity index (χ3v) is 3.77. The van der Waals surface area contributed by atoms with Gasteiger partial charge in [-0.1, -0.05) is 0 Å². The van der Waals surface area contributed by atoms with Crippen molar-refractivity contribution in [1.29, 1.82) is 5.26 Å². The van der Waals surface area contributed by atoms with Crippen LogP contribution in [-0.2, 0) is 11.3 Å². The van der Waals surface area contributed by atoms with Crippen LogP contribution in [0.15, 0.2) is 18.2 Å². The first-order valence-electron chi connectivity index (χ1n) is 6.65. The van der Waals surface area contributed by atoms with Gasteiger partial charge in [0.1, 0.15) is 5.82 Å². The molecular weight excluding hydrogens is 257 g/mol. The molecule has 1 aliphatic heterocycles. The smallest absolute Gasteiger partial charge is 0.242 e. The van der Waals surface area contributed by atoms with Crippen LogP contribution >= 0.6 is 0 Å². The minimum absolute atomic E-state index is 0.0447. The third-order valence-electron chi connectivity index (χ3n) is 3.77. The number of nitriles is 1. The molecule has 1 amide bonds. The van der Waals surface area contributed by atoms with Crippen molar-refractivity contribution in [3.05, 3.63) is 35.1 Å². The van der Waals surface area contributed by atoms with E-state index in [1.54, 1.807) is 7.05 Å². The van der Waals surface area contributed by atoms with E-state index < -0.39 is 11.4 Å². The zero-order valence-corrected chi connectivity index (χ0v) is 11.7. The number of hydrogen-bond donors (Lipinski definition) is 1. The van der Waals surface area contributed by atoms with Gasteiger partial charge in [0.15, 0.2) is 0 Å². The molecule has 0 spiro atoms. The molecule has 0 saturated carbocycles. The molecule has 5 heteroatoms. The highest BCUT2D eigenvalue weighted by molar-refractivity contribution is 5.86. The standard InChI is InChI=1S/C15H18FN3O/c1-15(6-3-7-18-15)14(20)19(2)10-12-8-11(9-17)4-5-13(12)16/h4-5,8,18H,3,6-7,10H2,1-2H3. The second kappa shape index (κ2) is 5.59. The number of hydrogen-bond acceptors (Lipinski definition) is 3. The van der Waals surface area contributed by atoms with Crippen molar-refractivity contribution in [1.82, 2.24) is 10.2 Å². The Morgan fingerprint density at radius 1 is 1.60 bits per heavy atom. The van der Waals surface area contributed by atoms with Gasteiger partial charge in [0.25, 0.3) is 0 Å². The summed E-state index contributed by atoms with van der Waals surface area (Å²) in [6.45, 7) is 2.87. The van der Waals surface area contributed by atoms with Gasteiger partial charge in [0, 0.05) is 19.2 Å². The number of likely N-dealkylation sites (N-methyl/N-ethyl adjacent to an activating group) is 1. The van der Waals surface area contributed by atoms with Crippen LogP contribution in [0.25, 0.3) is 0 Å². The van der Waals surface area contributed by atoms with Crippen molar-refractivity contribution < 1.29 is 9.18 Å². The van der Waals surface area contributed by atoms with Crippen LogP contribution in [0.2, 0.25) is 0 Å². The van der Waals surface area contributed by atoms with E-state index in [1.807, 2.05) is 13.0 Å². The Hall–Kier alpha value is -1.93. The molecule has 1 N–H and O–H groups in total. The fourth-order valence-electron chi connectivity index (χ4n) is 2.59. The highest BCUT2D eigenvalue weighted by atomic mass is 19.1. The topological polar surface area (TPSA) is 56.1 Å². The summed E-state index contributed by atoms with van der Waals surface area (Å²) in [5.74, 6) is -0.440. The number of amides is 1. The van der Waals surface area contributed by atoms with Gasteiger partial charge < -0.3 is 10.2 Å². The van der Waals surface area contributed by atoms with E-state index in [-0.39, 0.29) is 12.5 Å². The predicted molar refractivity (Wildman–Crippen MR) is 73.2 cm³/mol. The van der Waals surface area contributed by atoms with Gasteiger partial charge in [-0.3, -0.25) is 4.79 Å². The summed E-state index contributed by atoms with van der Waals surface area (Å²) < 4.78 is 13.7. The molecule has 0 aromatic heterocycles. The van der Waals surface area contributed by atoms with Crippen LogP contribution in [0.1, 0.15) is 30.9 Å². The number of benzene rings is 1. The van der Waals surface area contributed by atoms with Gasteiger partial charge in [0.05, 0.1) is 17.2 Å². The lowest BCUT2D eigenvalue weighted by Gasteiger charge is -2.29. The minimum atomic E-state index is -0.557. The van der Waals surface area contributed by atoms with Crippen LogP contribution < -0.4 is 5.32 Å². The summed E-state index contributed by atoms with van der Waals surface area (Å²) in [5, 5.41) is 12.0. The molecule has 0 aliphatic carbocycles. The van der Waals surface area contributed by atoms with E-state index in [2.05, 4.69) is 5.32 Å². The van der Waals surface area contributed by atoms with Gasteiger partial charge >= 0.3 is 0 Å². The zero-order chi connectivity index (χ0) is 14.8. The molecule has 0 radical (unpaired) electrons. The number of carbonyl (C=O) groups is 1. The Morgan fingerprint density at radius 2 is 2.35 bits per heavy atom. The summed E-state index contributed by atoms with van der Waals surface area (Å²) in [6, 6.07) is 6.16. The lowest BCUT2D eigenvalue weighted by Crippen LogP contribution is -2.51. The normalized spacial score (nSPS) is 21.5. The molecule has 1 aliphatic rings. The van der Waals surface area contributed by atoms with E-state index in [1.165, 1.54) is 23.1 Å². The number of halogens is 1. The first-order valence-corrected chi connectivity index (χ1v) is 6.65. The van der Waals surface area contributed by atoms with Crippen LogP contribution in [0.3, 0.4) is 0 Å². The Kier molecular flexibility index (Phi) is 4.05. The third kappa shape index (κ3) is 2.81. The average molecular weight is 275 g/mol. The largest absolute Gasteiger partial charge is 0.340 e. The maximum Gasteiger partial charge on any atom is 0.242 e. The summed E-state index contributed by atoms with van der Waals surface area (Å²) >= 11 is 0.